The minimum Gasteiger partial charge on any atom is -0.306 e. The Balaban J connectivity index is 1.82. The molecule has 1 amide bonds. The smallest absolute Gasteiger partial charge is 0.270 e. The highest BCUT2D eigenvalue weighted by Crippen LogP contribution is 2.15. The van der Waals surface area contributed by atoms with Gasteiger partial charge in [0, 0.05) is 36.2 Å². The van der Waals surface area contributed by atoms with Gasteiger partial charge in [-0.2, -0.15) is 5.10 Å². The second-order valence-electron chi connectivity index (χ2n) is 4.47. The number of nitrogens with one attached hydrogen (secondary N) is 1. The molecule has 3 rings (SSSR count). The van der Waals surface area contributed by atoms with Crippen LogP contribution in [-0.2, 0) is 0 Å². The molecule has 9 heteroatoms. The lowest BCUT2D eigenvalue weighted by Gasteiger charge is -2.06. The fraction of sp³-hybridized carbons (Fsp3) is 0. The number of nitrogens with zero attached hydrogens (tertiary/aromatic N) is 5. The first-order valence-corrected chi connectivity index (χ1v) is 6.51. The van der Waals surface area contributed by atoms with Crippen molar-refractivity contribution in [3.05, 3.63) is 70.8 Å². The summed E-state index contributed by atoms with van der Waals surface area (Å²) in [5.41, 5.74) is 0.0102. The number of benzene rings is 1. The van der Waals surface area contributed by atoms with Crippen LogP contribution in [0.4, 0.5) is 11.5 Å². The lowest BCUT2D eigenvalue weighted by atomic mass is 10.2. The third kappa shape index (κ3) is 3.18. The molecule has 0 aliphatic heterocycles. The van der Waals surface area contributed by atoms with Crippen molar-refractivity contribution in [1.82, 2.24) is 19.7 Å². The van der Waals surface area contributed by atoms with E-state index in [-0.39, 0.29) is 17.1 Å². The molecular weight excluding hydrogens is 300 g/mol. The predicted octanol–water partition coefficient (Wildman–Crippen LogP) is 1.82. The third-order valence-corrected chi connectivity index (χ3v) is 2.95. The predicted molar refractivity (Wildman–Crippen MR) is 80.2 cm³/mol. The number of amides is 1. The molecule has 0 unspecified atom stereocenters. The fourth-order valence-corrected chi connectivity index (χ4v) is 1.89. The molecule has 2 aromatic heterocycles. The van der Waals surface area contributed by atoms with E-state index in [0.717, 1.165) is 0 Å². The average molecular weight is 310 g/mol. The standard InChI is InChI=1S/C14H10N6O3/c21-14(10-3-1-4-11(7-10)20(22)23)18-12-8-13(16-9-15-12)19-6-2-5-17-19/h1-9H,(H,15,16,18,21). The highest BCUT2D eigenvalue weighted by molar-refractivity contribution is 6.04. The summed E-state index contributed by atoms with van der Waals surface area (Å²) in [4.78, 5) is 30.4. The number of carbonyl (C=O) groups excluding carboxylic acids is 1. The molecule has 1 aromatic carbocycles. The number of carbonyl (C=O) groups is 1. The van der Waals surface area contributed by atoms with Crippen LogP contribution in [0.25, 0.3) is 5.82 Å². The minimum absolute atomic E-state index is 0.155. The van der Waals surface area contributed by atoms with Crippen molar-refractivity contribution in [2.75, 3.05) is 5.32 Å². The molecule has 0 fully saturated rings. The Morgan fingerprint density at radius 3 is 2.83 bits per heavy atom. The van der Waals surface area contributed by atoms with E-state index >= 15 is 0 Å². The van der Waals surface area contributed by atoms with Gasteiger partial charge >= 0.3 is 0 Å². The van der Waals surface area contributed by atoms with E-state index in [2.05, 4.69) is 20.4 Å². The molecule has 0 saturated heterocycles. The summed E-state index contributed by atoms with van der Waals surface area (Å²) >= 11 is 0. The molecule has 114 valence electrons. The van der Waals surface area contributed by atoms with Crippen molar-refractivity contribution in [2.45, 2.75) is 0 Å². The summed E-state index contributed by atoms with van der Waals surface area (Å²) in [5, 5.41) is 17.4. The first kappa shape index (κ1) is 14.3. The van der Waals surface area contributed by atoms with Crippen molar-refractivity contribution in [1.29, 1.82) is 0 Å². The second kappa shape index (κ2) is 6.02. The number of nitro benzene ring substituents is 1. The largest absolute Gasteiger partial charge is 0.306 e. The van der Waals surface area contributed by atoms with Gasteiger partial charge in [0.25, 0.3) is 11.6 Å². The number of non-ortho nitro benzene ring substituents is 1. The Hall–Kier alpha value is -3.62. The van der Waals surface area contributed by atoms with Crippen LogP contribution < -0.4 is 5.32 Å². The van der Waals surface area contributed by atoms with Crippen LogP contribution >= 0.6 is 0 Å². The molecule has 0 radical (unpaired) electrons. The first-order valence-electron chi connectivity index (χ1n) is 6.51. The molecule has 1 N–H and O–H groups in total. The molecule has 0 saturated carbocycles. The summed E-state index contributed by atoms with van der Waals surface area (Å²) in [5.74, 6) is 0.250. The molecular formula is C14H10N6O3. The maximum atomic E-state index is 12.2. The number of nitro groups is 1. The number of rotatable bonds is 4. The molecule has 0 aliphatic rings. The molecule has 0 aliphatic carbocycles. The van der Waals surface area contributed by atoms with Gasteiger partial charge < -0.3 is 5.32 Å². The van der Waals surface area contributed by atoms with Crippen LogP contribution in [0.1, 0.15) is 10.4 Å². The van der Waals surface area contributed by atoms with E-state index in [1.54, 1.807) is 24.5 Å². The zero-order valence-electron chi connectivity index (χ0n) is 11.7. The summed E-state index contributed by atoms with van der Waals surface area (Å²) < 4.78 is 1.52. The molecule has 23 heavy (non-hydrogen) atoms. The minimum atomic E-state index is -0.558. The number of aromatic nitrogens is 4. The Kier molecular flexibility index (Phi) is 3.75. The number of anilines is 1. The van der Waals surface area contributed by atoms with Gasteiger partial charge in [0.05, 0.1) is 4.92 Å². The van der Waals surface area contributed by atoms with Crippen LogP contribution in [0.2, 0.25) is 0 Å². The number of hydrogen-bond donors (Lipinski definition) is 1. The lowest BCUT2D eigenvalue weighted by molar-refractivity contribution is -0.384. The lowest BCUT2D eigenvalue weighted by Crippen LogP contribution is -2.14. The van der Waals surface area contributed by atoms with Gasteiger partial charge in [-0.05, 0) is 12.1 Å². The topological polar surface area (TPSA) is 116 Å². The van der Waals surface area contributed by atoms with Crippen molar-refractivity contribution < 1.29 is 9.72 Å². The van der Waals surface area contributed by atoms with Crippen molar-refractivity contribution >= 4 is 17.4 Å². The van der Waals surface area contributed by atoms with E-state index in [4.69, 9.17) is 0 Å². The molecule has 9 nitrogen and oxygen atoms in total. The van der Waals surface area contributed by atoms with Gasteiger partial charge in [0.15, 0.2) is 5.82 Å². The van der Waals surface area contributed by atoms with Crippen LogP contribution in [0.15, 0.2) is 55.1 Å². The number of hydrogen-bond acceptors (Lipinski definition) is 6. The zero-order chi connectivity index (χ0) is 16.2. The van der Waals surface area contributed by atoms with Crippen LogP contribution in [0.5, 0.6) is 0 Å². The maximum absolute atomic E-state index is 12.2. The van der Waals surface area contributed by atoms with Crippen molar-refractivity contribution in [2.24, 2.45) is 0 Å². The molecule has 0 atom stereocenters. The van der Waals surface area contributed by atoms with E-state index in [1.165, 1.54) is 35.3 Å². The molecule has 0 spiro atoms. The van der Waals surface area contributed by atoms with Gasteiger partial charge in [0.2, 0.25) is 0 Å². The van der Waals surface area contributed by atoms with Gasteiger partial charge in [-0.1, -0.05) is 6.07 Å². The van der Waals surface area contributed by atoms with Crippen LogP contribution in [0.3, 0.4) is 0 Å². The highest BCUT2D eigenvalue weighted by atomic mass is 16.6. The monoisotopic (exact) mass is 310 g/mol. The van der Waals surface area contributed by atoms with Crippen molar-refractivity contribution in [3.63, 3.8) is 0 Å². The van der Waals surface area contributed by atoms with Gasteiger partial charge in [-0.25, -0.2) is 14.6 Å². The van der Waals surface area contributed by atoms with Crippen LogP contribution in [0, 0.1) is 10.1 Å². The van der Waals surface area contributed by atoms with Crippen molar-refractivity contribution in [3.8, 4) is 5.82 Å². The molecule has 2 heterocycles. The molecule has 3 aromatic rings. The van der Waals surface area contributed by atoms with Gasteiger partial charge in [-0.3, -0.25) is 14.9 Å². The summed E-state index contributed by atoms with van der Waals surface area (Å²) in [6.45, 7) is 0. The second-order valence-corrected chi connectivity index (χ2v) is 4.47. The third-order valence-electron chi connectivity index (χ3n) is 2.95. The SMILES string of the molecule is O=C(Nc1cc(-n2cccn2)ncn1)c1cccc([N+](=O)[O-])c1. The summed E-state index contributed by atoms with van der Waals surface area (Å²) in [6, 6.07) is 8.73. The van der Waals surface area contributed by atoms with E-state index in [1.807, 2.05) is 0 Å². The van der Waals surface area contributed by atoms with E-state index < -0.39 is 10.8 Å². The normalized spacial score (nSPS) is 10.3. The fourth-order valence-electron chi connectivity index (χ4n) is 1.89. The Morgan fingerprint density at radius 1 is 1.22 bits per heavy atom. The summed E-state index contributed by atoms with van der Waals surface area (Å²) in [6.07, 6.45) is 4.60. The van der Waals surface area contributed by atoms with Gasteiger partial charge in [0.1, 0.15) is 12.1 Å². The first-order chi connectivity index (χ1) is 11.1. The molecule has 0 bridgehead atoms. The Bertz CT molecular complexity index is 862. The Morgan fingerprint density at radius 2 is 2.09 bits per heavy atom. The summed E-state index contributed by atoms with van der Waals surface area (Å²) in [7, 11) is 0. The zero-order valence-corrected chi connectivity index (χ0v) is 11.7. The van der Waals surface area contributed by atoms with Crippen LogP contribution in [-0.4, -0.2) is 30.6 Å². The van der Waals surface area contributed by atoms with E-state index in [0.29, 0.717) is 5.82 Å². The van der Waals surface area contributed by atoms with Gasteiger partial charge in [-0.15, -0.1) is 0 Å². The maximum Gasteiger partial charge on any atom is 0.270 e. The van der Waals surface area contributed by atoms with E-state index in [9.17, 15) is 14.9 Å². The Labute approximate surface area is 129 Å². The highest BCUT2D eigenvalue weighted by Gasteiger charge is 2.12. The quantitative estimate of drug-likeness (QED) is 0.580. The average Bonchev–Trinajstić information content (AvgIpc) is 3.10.